The molecule has 4 nitrogen and oxygen atoms in total. The third-order valence-electron chi connectivity index (χ3n) is 4.66. The van der Waals surface area contributed by atoms with Crippen LogP contribution in [0.25, 0.3) is 0 Å². The van der Waals surface area contributed by atoms with Gasteiger partial charge in [-0.05, 0) is 63.5 Å². The molecule has 2 N–H and O–H groups in total. The normalized spacial score (nSPS) is 26.1. The van der Waals surface area contributed by atoms with Gasteiger partial charge in [-0.25, -0.2) is 0 Å². The summed E-state index contributed by atoms with van der Waals surface area (Å²) in [5.41, 5.74) is 2.21. The Morgan fingerprint density at radius 1 is 1.38 bits per heavy atom. The zero-order valence-electron chi connectivity index (χ0n) is 12.8. The van der Waals surface area contributed by atoms with Crippen molar-refractivity contribution >= 4 is 11.6 Å². The number of carbonyl (C=O) groups excluding carboxylic acids is 1. The van der Waals surface area contributed by atoms with Gasteiger partial charge in [0.15, 0.2) is 0 Å². The van der Waals surface area contributed by atoms with Crippen molar-refractivity contribution in [2.24, 2.45) is 5.92 Å². The molecule has 3 rings (SSSR count). The van der Waals surface area contributed by atoms with Gasteiger partial charge in [0.25, 0.3) is 0 Å². The Bertz CT molecular complexity index is 497. The molecule has 2 aliphatic heterocycles. The van der Waals surface area contributed by atoms with Crippen LogP contribution in [0.3, 0.4) is 0 Å². The van der Waals surface area contributed by atoms with Gasteiger partial charge in [0.05, 0.1) is 5.92 Å². The first-order chi connectivity index (χ1) is 10.2. The van der Waals surface area contributed by atoms with Gasteiger partial charge in [0, 0.05) is 18.3 Å². The number of anilines is 1. The molecule has 0 radical (unpaired) electrons. The third-order valence-corrected chi connectivity index (χ3v) is 4.66. The molecule has 21 heavy (non-hydrogen) atoms. The number of nitrogens with zero attached hydrogens (tertiary/aromatic N) is 1. The standard InChI is InChI=1S/C17H25N3O/c1-13-16(7-8-18-13)17(21)19-15-6-4-5-14(11-15)12-20-9-2-3-10-20/h4-6,11,13,16,18H,2-3,7-10,12H2,1H3,(H,19,21). The summed E-state index contributed by atoms with van der Waals surface area (Å²) in [4.78, 5) is 14.8. The lowest BCUT2D eigenvalue weighted by Gasteiger charge is -2.17. The van der Waals surface area contributed by atoms with E-state index in [4.69, 9.17) is 0 Å². The fourth-order valence-corrected chi connectivity index (χ4v) is 3.40. The van der Waals surface area contributed by atoms with Gasteiger partial charge < -0.3 is 10.6 Å². The van der Waals surface area contributed by atoms with Crippen molar-refractivity contribution in [2.75, 3.05) is 25.0 Å². The van der Waals surface area contributed by atoms with E-state index in [1.165, 1.54) is 31.5 Å². The molecule has 2 atom stereocenters. The molecule has 2 fully saturated rings. The molecular formula is C17H25N3O. The molecule has 0 bridgehead atoms. The number of amides is 1. The predicted molar refractivity (Wildman–Crippen MR) is 85.2 cm³/mol. The first-order valence-electron chi connectivity index (χ1n) is 8.08. The van der Waals surface area contributed by atoms with E-state index in [1.807, 2.05) is 12.1 Å². The average molecular weight is 287 g/mol. The number of benzene rings is 1. The largest absolute Gasteiger partial charge is 0.326 e. The maximum atomic E-state index is 12.3. The van der Waals surface area contributed by atoms with E-state index in [2.05, 4.69) is 34.6 Å². The molecule has 2 aliphatic rings. The van der Waals surface area contributed by atoms with Crippen molar-refractivity contribution in [1.29, 1.82) is 0 Å². The van der Waals surface area contributed by atoms with Gasteiger partial charge in [-0.15, -0.1) is 0 Å². The Hall–Kier alpha value is -1.39. The second-order valence-electron chi connectivity index (χ2n) is 6.31. The fraction of sp³-hybridized carbons (Fsp3) is 0.588. The Morgan fingerprint density at radius 2 is 2.19 bits per heavy atom. The molecule has 0 saturated carbocycles. The van der Waals surface area contributed by atoms with Crippen molar-refractivity contribution in [1.82, 2.24) is 10.2 Å². The van der Waals surface area contributed by atoms with Gasteiger partial charge in [0.1, 0.15) is 0 Å². The minimum Gasteiger partial charge on any atom is -0.326 e. The number of carbonyl (C=O) groups is 1. The molecule has 114 valence electrons. The van der Waals surface area contributed by atoms with Gasteiger partial charge in [-0.1, -0.05) is 12.1 Å². The maximum Gasteiger partial charge on any atom is 0.229 e. The van der Waals surface area contributed by atoms with Crippen molar-refractivity contribution < 1.29 is 4.79 Å². The zero-order valence-corrected chi connectivity index (χ0v) is 12.8. The Kier molecular flexibility index (Phi) is 4.56. The van der Waals surface area contributed by atoms with Crippen LogP contribution in [0.1, 0.15) is 31.7 Å². The minimum absolute atomic E-state index is 0.0900. The van der Waals surface area contributed by atoms with Gasteiger partial charge in [-0.2, -0.15) is 0 Å². The van der Waals surface area contributed by atoms with Crippen molar-refractivity contribution in [3.63, 3.8) is 0 Å². The monoisotopic (exact) mass is 287 g/mol. The summed E-state index contributed by atoms with van der Waals surface area (Å²) >= 11 is 0. The quantitative estimate of drug-likeness (QED) is 0.892. The van der Waals surface area contributed by atoms with E-state index in [9.17, 15) is 4.79 Å². The summed E-state index contributed by atoms with van der Waals surface area (Å²) in [6, 6.07) is 8.56. The molecule has 0 aliphatic carbocycles. The van der Waals surface area contributed by atoms with Crippen LogP contribution in [0.5, 0.6) is 0 Å². The van der Waals surface area contributed by atoms with Crippen LogP contribution in [0.15, 0.2) is 24.3 Å². The smallest absolute Gasteiger partial charge is 0.229 e. The van der Waals surface area contributed by atoms with E-state index >= 15 is 0 Å². The summed E-state index contributed by atoms with van der Waals surface area (Å²) < 4.78 is 0. The number of rotatable bonds is 4. The van der Waals surface area contributed by atoms with Crippen LogP contribution in [0.2, 0.25) is 0 Å². The SMILES string of the molecule is CC1NCCC1C(=O)Nc1cccc(CN2CCCC2)c1. The summed E-state index contributed by atoms with van der Waals surface area (Å²) in [5, 5.41) is 6.41. The lowest BCUT2D eigenvalue weighted by molar-refractivity contribution is -0.119. The highest BCUT2D eigenvalue weighted by Gasteiger charge is 2.29. The van der Waals surface area contributed by atoms with E-state index in [0.29, 0.717) is 0 Å². The summed E-state index contributed by atoms with van der Waals surface area (Å²) in [5.74, 6) is 0.234. The predicted octanol–water partition coefficient (Wildman–Crippen LogP) is 2.22. The third kappa shape index (κ3) is 3.63. The van der Waals surface area contributed by atoms with Crippen LogP contribution in [-0.4, -0.2) is 36.5 Å². The molecule has 1 amide bonds. The average Bonchev–Trinajstić information content (AvgIpc) is 3.10. The molecule has 2 unspecified atom stereocenters. The molecule has 2 heterocycles. The number of hydrogen-bond donors (Lipinski definition) is 2. The van der Waals surface area contributed by atoms with Crippen molar-refractivity contribution in [2.45, 2.75) is 38.8 Å². The van der Waals surface area contributed by atoms with E-state index in [0.717, 1.165) is 25.2 Å². The second-order valence-corrected chi connectivity index (χ2v) is 6.31. The Labute approximate surface area is 126 Å². The van der Waals surface area contributed by atoms with E-state index < -0.39 is 0 Å². The van der Waals surface area contributed by atoms with E-state index in [1.54, 1.807) is 0 Å². The van der Waals surface area contributed by atoms with Gasteiger partial charge >= 0.3 is 0 Å². The van der Waals surface area contributed by atoms with Crippen LogP contribution in [0.4, 0.5) is 5.69 Å². The molecular weight excluding hydrogens is 262 g/mol. The fourth-order valence-electron chi connectivity index (χ4n) is 3.40. The first-order valence-corrected chi connectivity index (χ1v) is 8.08. The highest BCUT2D eigenvalue weighted by Crippen LogP contribution is 2.20. The lowest BCUT2D eigenvalue weighted by Crippen LogP contribution is -2.32. The highest BCUT2D eigenvalue weighted by molar-refractivity contribution is 5.93. The summed E-state index contributed by atoms with van der Waals surface area (Å²) in [6.07, 6.45) is 3.55. The van der Waals surface area contributed by atoms with Crippen LogP contribution >= 0.6 is 0 Å². The number of hydrogen-bond acceptors (Lipinski definition) is 3. The zero-order chi connectivity index (χ0) is 14.7. The van der Waals surface area contributed by atoms with Gasteiger partial charge in [0.2, 0.25) is 5.91 Å². The highest BCUT2D eigenvalue weighted by atomic mass is 16.1. The maximum absolute atomic E-state index is 12.3. The van der Waals surface area contributed by atoms with Gasteiger partial charge in [-0.3, -0.25) is 9.69 Å². The molecule has 1 aromatic carbocycles. The van der Waals surface area contributed by atoms with Crippen LogP contribution in [-0.2, 0) is 11.3 Å². The number of likely N-dealkylation sites (tertiary alicyclic amines) is 1. The number of nitrogens with one attached hydrogen (secondary N) is 2. The van der Waals surface area contributed by atoms with Crippen molar-refractivity contribution in [3.8, 4) is 0 Å². The summed E-state index contributed by atoms with van der Waals surface area (Å²) in [6.45, 7) is 6.41. The Balaban J connectivity index is 1.61. The minimum atomic E-state index is 0.0900. The molecule has 2 saturated heterocycles. The molecule has 0 aromatic heterocycles. The second kappa shape index (κ2) is 6.58. The topological polar surface area (TPSA) is 44.4 Å². The molecule has 1 aromatic rings. The van der Waals surface area contributed by atoms with Crippen LogP contribution < -0.4 is 10.6 Å². The molecule has 0 spiro atoms. The Morgan fingerprint density at radius 3 is 2.90 bits per heavy atom. The van der Waals surface area contributed by atoms with Crippen molar-refractivity contribution in [3.05, 3.63) is 29.8 Å². The summed E-state index contributed by atoms with van der Waals surface area (Å²) in [7, 11) is 0. The first kappa shape index (κ1) is 14.5. The molecule has 4 heteroatoms. The van der Waals surface area contributed by atoms with E-state index in [-0.39, 0.29) is 17.9 Å². The van der Waals surface area contributed by atoms with Crippen LogP contribution in [0, 0.1) is 5.92 Å². The lowest BCUT2D eigenvalue weighted by atomic mass is 10.0.